The van der Waals surface area contributed by atoms with Gasteiger partial charge in [0.25, 0.3) is 8.32 Å². The van der Waals surface area contributed by atoms with Gasteiger partial charge in [0, 0.05) is 0 Å². The molecule has 0 aromatic heterocycles. The van der Waals surface area contributed by atoms with Gasteiger partial charge in [-0.1, -0.05) is 20.8 Å². The third kappa shape index (κ3) is 3.02. The first-order chi connectivity index (χ1) is 8.08. The Kier molecular flexibility index (Phi) is 4.06. The number of aldehydes is 1. The standard InChI is InChI=1S/C15H24O2Si/c1-11-8-13(10-16)14(9-12(11)2)17-18(6,7)15(3,4)5/h8-10H,1-7H3. The summed E-state index contributed by atoms with van der Waals surface area (Å²) < 4.78 is 6.23. The first-order valence-corrected chi connectivity index (χ1v) is 9.25. The molecule has 0 saturated carbocycles. The highest BCUT2D eigenvalue weighted by atomic mass is 28.4. The minimum Gasteiger partial charge on any atom is -0.543 e. The van der Waals surface area contributed by atoms with Crippen LogP contribution in [0.1, 0.15) is 42.3 Å². The van der Waals surface area contributed by atoms with Crippen LogP contribution in [0.5, 0.6) is 5.75 Å². The maximum Gasteiger partial charge on any atom is 0.250 e. The highest BCUT2D eigenvalue weighted by Crippen LogP contribution is 2.38. The third-order valence-corrected chi connectivity index (χ3v) is 8.27. The lowest BCUT2D eigenvalue weighted by atomic mass is 10.1. The topological polar surface area (TPSA) is 26.3 Å². The summed E-state index contributed by atoms with van der Waals surface area (Å²) in [5.74, 6) is 0.736. The van der Waals surface area contributed by atoms with E-state index in [1.807, 2.05) is 26.0 Å². The summed E-state index contributed by atoms with van der Waals surface area (Å²) in [6.07, 6.45) is 0.884. The summed E-state index contributed by atoms with van der Waals surface area (Å²) in [7, 11) is -1.89. The maximum absolute atomic E-state index is 11.2. The van der Waals surface area contributed by atoms with Crippen molar-refractivity contribution in [3.63, 3.8) is 0 Å². The Bertz CT molecular complexity index is 456. The van der Waals surface area contributed by atoms with Crippen molar-refractivity contribution >= 4 is 14.6 Å². The molecule has 0 amide bonds. The number of carbonyl (C=O) groups is 1. The number of benzene rings is 1. The molecular weight excluding hydrogens is 240 g/mol. The fourth-order valence-corrected chi connectivity index (χ4v) is 2.45. The molecule has 0 radical (unpaired) electrons. The van der Waals surface area contributed by atoms with Gasteiger partial charge in [-0.25, -0.2) is 0 Å². The second-order valence-electron chi connectivity index (χ2n) is 6.45. The first-order valence-electron chi connectivity index (χ1n) is 6.34. The fraction of sp³-hybridized carbons (Fsp3) is 0.533. The van der Waals surface area contributed by atoms with Gasteiger partial charge in [0.2, 0.25) is 0 Å². The van der Waals surface area contributed by atoms with Crippen LogP contribution in [-0.4, -0.2) is 14.6 Å². The van der Waals surface area contributed by atoms with E-state index in [0.29, 0.717) is 5.56 Å². The molecule has 1 rings (SSSR count). The summed E-state index contributed by atoms with van der Waals surface area (Å²) >= 11 is 0. The number of rotatable bonds is 3. The minimum absolute atomic E-state index is 0.131. The van der Waals surface area contributed by atoms with Crippen LogP contribution in [0.3, 0.4) is 0 Å². The largest absolute Gasteiger partial charge is 0.543 e. The van der Waals surface area contributed by atoms with Gasteiger partial charge in [-0.05, 0) is 55.2 Å². The van der Waals surface area contributed by atoms with Crippen LogP contribution in [0.4, 0.5) is 0 Å². The van der Waals surface area contributed by atoms with Crippen LogP contribution in [0.2, 0.25) is 18.1 Å². The lowest BCUT2D eigenvalue weighted by Crippen LogP contribution is -2.44. The van der Waals surface area contributed by atoms with Crippen molar-refractivity contribution in [2.24, 2.45) is 0 Å². The van der Waals surface area contributed by atoms with Crippen molar-refractivity contribution in [3.8, 4) is 5.75 Å². The second kappa shape index (κ2) is 4.88. The molecule has 0 heterocycles. The lowest BCUT2D eigenvalue weighted by Gasteiger charge is -2.37. The highest BCUT2D eigenvalue weighted by Gasteiger charge is 2.39. The molecule has 0 aliphatic carbocycles. The van der Waals surface area contributed by atoms with Crippen LogP contribution in [0, 0.1) is 13.8 Å². The highest BCUT2D eigenvalue weighted by molar-refractivity contribution is 6.74. The van der Waals surface area contributed by atoms with E-state index >= 15 is 0 Å². The van der Waals surface area contributed by atoms with Gasteiger partial charge in [0.05, 0.1) is 5.56 Å². The number of carbonyl (C=O) groups excluding carboxylic acids is 1. The van der Waals surface area contributed by atoms with E-state index in [4.69, 9.17) is 4.43 Å². The number of aryl methyl sites for hydroxylation is 2. The van der Waals surface area contributed by atoms with E-state index in [1.165, 1.54) is 0 Å². The first kappa shape index (κ1) is 15.0. The molecule has 0 saturated heterocycles. The van der Waals surface area contributed by atoms with Gasteiger partial charge < -0.3 is 4.43 Å². The molecule has 1 aromatic carbocycles. The van der Waals surface area contributed by atoms with Crippen LogP contribution in [0.15, 0.2) is 12.1 Å². The van der Waals surface area contributed by atoms with Crippen LogP contribution < -0.4 is 4.43 Å². The molecular formula is C15H24O2Si. The van der Waals surface area contributed by atoms with Gasteiger partial charge in [-0.15, -0.1) is 0 Å². The summed E-state index contributed by atoms with van der Waals surface area (Å²) in [6, 6.07) is 3.89. The Morgan fingerprint density at radius 3 is 2.06 bits per heavy atom. The molecule has 0 unspecified atom stereocenters. The smallest absolute Gasteiger partial charge is 0.250 e. The summed E-state index contributed by atoms with van der Waals surface area (Å²) in [6.45, 7) is 15.0. The molecule has 3 heteroatoms. The van der Waals surface area contributed by atoms with E-state index in [9.17, 15) is 4.79 Å². The molecule has 2 nitrogen and oxygen atoms in total. The van der Waals surface area contributed by atoms with Crippen molar-refractivity contribution in [1.82, 2.24) is 0 Å². The third-order valence-electron chi connectivity index (χ3n) is 3.92. The number of hydrogen-bond acceptors (Lipinski definition) is 2. The lowest BCUT2D eigenvalue weighted by molar-refractivity contribution is 0.112. The molecule has 1 aromatic rings. The molecule has 0 bridgehead atoms. The molecule has 18 heavy (non-hydrogen) atoms. The molecule has 100 valence electrons. The SMILES string of the molecule is Cc1cc(C=O)c(O[Si](C)(C)C(C)(C)C)cc1C. The predicted molar refractivity (Wildman–Crippen MR) is 79.1 cm³/mol. The Morgan fingerprint density at radius 1 is 1.11 bits per heavy atom. The summed E-state index contributed by atoms with van der Waals surface area (Å²) in [5.41, 5.74) is 2.94. The normalized spacial score (nSPS) is 12.4. The van der Waals surface area contributed by atoms with E-state index in [1.54, 1.807) is 0 Å². The average molecular weight is 264 g/mol. The van der Waals surface area contributed by atoms with Crippen molar-refractivity contribution in [3.05, 3.63) is 28.8 Å². The Hall–Kier alpha value is -1.09. The van der Waals surface area contributed by atoms with Crippen LogP contribution in [0.25, 0.3) is 0 Å². The van der Waals surface area contributed by atoms with Gasteiger partial charge >= 0.3 is 0 Å². The van der Waals surface area contributed by atoms with Crippen molar-refractivity contribution < 1.29 is 9.22 Å². The Labute approximate surface area is 111 Å². The van der Waals surface area contributed by atoms with E-state index in [-0.39, 0.29) is 5.04 Å². The zero-order valence-electron chi connectivity index (χ0n) is 12.5. The van der Waals surface area contributed by atoms with Crippen molar-refractivity contribution in [1.29, 1.82) is 0 Å². The van der Waals surface area contributed by atoms with Gasteiger partial charge in [0.1, 0.15) is 5.75 Å². The maximum atomic E-state index is 11.2. The predicted octanol–water partition coefficient (Wildman–Crippen LogP) is 4.50. The van der Waals surface area contributed by atoms with Crippen molar-refractivity contribution in [2.45, 2.75) is 52.8 Å². The molecule has 0 N–H and O–H groups in total. The molecule has 0 atom stereocenters. The Balaban J connectivity index is 3.19. The van der Waals surface area contributed by atoms with Gasteiger partial charge in [0.15, 0.2) is 6.29 Å². The summed E-state index contributed by atoms with van der Waals surface area (Å²) in [4.78, 5) is 11.2. The summed E-state index contributed by atoms with van der Waals surface area (Å²) in [5, 5.41) is 0.131. The van der Waals surface area contributed by atoms with E-state index < -0.39 is 8.32 Å². The monoisotopic (exact) mass is 264 g/mol. The quantitative estimate of drug-likeness (QED) is 0.593. The second-order valence-corrected chi connectivity index (χ2v) is 11.2. The molecule has 0 fully saturated rings. The van der Waals surface area contributed by atoms with Gasteiger partial charge in [-0.3, -0.25) is 4.79 Å². The van der Waals surface area contributed by atoms with Crippen LogP contribution >= 0.6 is 0 Å². The minimum atomic E-state index is -1.89. The number of hydrogen-bond donors (Lipinski definition) is 0. The van der Waals surface area contributed by atoms with Crippen LogP contribution in [-0.2, 0) is 0 Å². The van der Waals surface area contributed by atoms with Crippen molar-refractivity contribution in [2.75, 3.05) is 0 Å². The fourth-order valence-electron chi connectivity index (χ4n) is 1.42. The van der Waals surface area contributed by atoms with E-state index in [0.717, 1.165) is 23.2 Å². The zero-order valence-corrected chi connectivity index (χ0v) is 13.5. The average Bonchev–Trinajstić information content (AvgIpc) is 2.21. The Morgan fingerprint density at radius 2 is 1.61 bits per heavy atom. The zero-order chi connectivity index (χ0) is 14.1. The van der Waals surface area contributed by atoms with E-state index in [2.05, 4.69) is 33.9 Å². The molecule has 0 aliphatic heterocycles. The molecule has 0 spiro atoms. The van der Waals surface area contributed by atoms with Gasteiger partial charge in [-0.2, -0.15) is 0 Å². The molecule has 0 aliphatic rings.